The summed E-state index contributed by atoms with van der Waals surface area (Å²) in [6.07, 6.45) is 29.8. The normalized spacial score (nSPS) is 12.0. The Morgan fingerprint density at radius 3 is 1.85 bits per heavy atom. The number of imidazole rings is 1. The van der Waals surface area contributed by atoms with Crippen molar-refractivity contribution in [2.45, 2.75) is 154 Å². The van der Waals surface area contributed by atoms with Crippen molar-refractivity contribution in [3.8, 4) is 0 Å². The van der Waals surface area contributed by atoms with Crippen molar-refractivity contribution in [2.24, 2.45) is 5.73 Å². The van der Waals surface area contributed by atoms with Gasteiger partial charge in [-0.2, -0.15) is 0 Å². The summed E-state index contributed by atoms with van der Waals surface area (Å²) in [6, 6.07) is -0.601. The number of aromatic nitrogens is 2. The van der Waals surface area contributed by atoms with Gasteiger partial charge in [-0.1, -0.05) is 110 Å². The number of rotatable bonds is 30. The third kappa shape index (κ3) is 23.3. The maximum Gasteiger partial charge on any atom is 0.242 e. The highest BCUT2D eigenvalue weighted by Crippen LogP contribution is 2.13. The molecule has 8 heteroatoms. The van der Waals surface area contributed by atoms with Crippen molar-refractivity contribution in [3.63, 3.8) is 0 Å². The van der Waals surface area contributed by atoms with Crippen LogP contribution < -0.4 is 21.7 Å². The first-order valence-electron chi connectivity index (χ1n) is 17.1. The molecule has 0 aliphatic heterocycles. The molecule has 0 aliphatic rings. The Hall–Kier alpha value is -1.93. The summed E-state index contributed by atoms with van der Waals surface area (Å²) in [4.78, 5) is 32.3. The van der Waals surface area contributed by atoms with E-state index in [1.165, 1.54) is 103 Å². The predicted molar refractivity (Wildman–Crippen MR) is 172 cm³/mol. The molecule has 0 unspecified atom stereocenters. The van der Waals surface area contributed by atoms with E-state index >= 15 is 0 Å². The van der Waals surface area contributed by atoms with Crippen molar-refractivity contribution >= 4 is 11.8 Å². The smallest absolute Gasteiger partial charge is 0.242 e. The fraction of sp³-hybridized carbons (Fsp3) is 0.848. The van der Waals surface area contributed by atoms with Crippen LogP contribution in [0.25, 0.3) is 0 Å². The van der Waals surface area contributed by atoms with Crippen LogP contribution >= 0.6 is 0 Å². The van der Waals surface area contributed by atoms with Crippen LogP contribution in [0.15, 0.2) is 12.5 Å². The van der Waals surface area contributed by atoms with E-state index in [-0.39, 0.29) is 11.8 Å². The molecule has 2 amide bonds. The predicted octanol–water partition coefficient (Wildman–Crippen LogP) is 6.31. The number of amides is 2. The quantitative estimate of drug-likeness (QED) is 0.0686. The van der Waals surface area contributed by atoms with Gasteiger partial charge in [-0.25, -0.2) is 4.98 Å². The second kappa shape index (κ2) is 28.2. The number of hydrogen-bond donors (Lipinski definition) is 5. The number of aromatic amines is 1. The molecule has 6 N–H and O–H groups in total. The summed E-state index contributed by atoms with van der Waals surface area (Å²) >= 11 is 0. The van der Waals surface area contributed by atoms with Crippen LogP contribution in [0.3, 0.4) is 0 Å². The first kappa shape index (κ1) is 37.1. The molecule has 1 heterocycles. The molecule has 8 nitrogen and oxygen atoms in total. The van der Waals surface area contributed by atoms with Crippen molar-refractivity contribution < 1.29 is 9.59 Å². The summed E-state index contributed by atoms with van der Waals surface area (Å²) in [7, 11) is 0. The van der Waals surface area contributed by atoms with Crippen LogP contribution in [-0.4, -0.2) is 54.0 Å². The van der Waals surface area contributed by atoms with E-state index in [0.29, 0.717) is 25.9 Å². The van der Waals surface area contributed by atoms with Gasteiger partial charge in [0.25, 0.3) is 0 Å². The Kier molecular flexibility index (Phi) is 25.5. The maximum absolute atomic E-state index is 12.7. The minimum Gasteiger partial charge on any atom is -0.354 e. The molecule has 0 saturated carbocycles. The Bertz CT molecular complexity index is 713. The molecule has 1 rings (SSSR count). The lowest BCUT2D eigenvalue weighted by Gasteiger charge is -2.18. The van der Waals surface area contributed by atoms with Crippen molar-refractivity contribution in [1.29, 1.82) is 0 Å². The summed E-state index contributed by atoms with van der Waals surface area (Å²) in [5, 5.41) is 9.34. The number of H-pyrrole nitrogens is 1. The standard InChI is InChI=1S/C33H64N6O2/c1-2-3-4-5-6-7-8-9-10-11-12-13-14-15-16-19-24-35-25-21-22-32(40)39-31(27-30-28-36-29-38-30)33(41)37-26-20-17-18-23-34/h28-29,31,35H,2-27,34H2,1H3,(H,36,38)(H,37,41)(H,39,40)/t31-/m0/s1. The number of hydrogen-bond acceptors (Lipinski definition) is 5. The average molecular weight is 577 g/mol. The van der Waals surface area contributed by atoms with E-state index in [1.807, 2.05) is 0 Å². The lowest BCUT2D eigenvalue weighted by atomic mass is 10.0. The van der Waals surface area contributed by atoms with Crippen LogP contribution in [0.2, 0.25) is 0 Å². The summed E-state index contributed by atoms with van der Waals surface area (Å²) in [6.45, 7) is 5.38. The van der Waals surface area contributed by atoms with Gasteiger partial charge < -0.3 is 26.7 Å². The molecule has 0 saturated heterocycles. The molecule has 1 atom stereocenters. The molecule has 0 aliphatic carbocycles. The Balaban J connectivity index is 1.98. The van der Waals surface area contributed by atoms with E-state index in [0.717, 1.165) is 44.5 Å². The molecule has 1 aromatic heterocycles. The number of nitrogens with one attached hydrogen (secondary N) is 4. The van der Waals surface area contributed by atoms with Gasteiger partial charge in [0, 0.05) is 31.3 Å². The minimum atomic E-state index is -0.601. The van der Waals surface area contributed by atoms with Gasteiger partial charge in [0.15, 0.2) is 0 Å². The van der Waals surface area contributed by atoms with E-state index in [9.17, 15) is 9.59 Å². The molecule has 0 aromatic carbocycles. The topological polar surface area (TPSA) is 125 Å². The molecule has 41 heavy (non-hydrogen) atoms. The van der Waals surface area contributed by atoms with Crippen LogP contribution in [-0.2, 0) is 16.0 Å². The molecule has 0 spiro atoms. The number of nitrogens with two attached hydrogens (primary N) is 1. The first-order chi connectivity index (χ1) is 20.2. The lowest BCUT2D eigenvalue weighted by Crippen LogP contribution is -2.48. The molecule has 0 radical (unpaired) electrons. The van der Waals surface area contributed by atoms with E-state index in [2.05, 4.69) is 32.8 Å². The van der Waals surface area contributed by atoms with E-state index in [1.54, 1.807) is 12.5 Å². The number of carbonyl (C=O) groups is 2. The van der Waals surface area contributed by atoms with Crippen molar-refractivity contribution in [3.05, 3.63) is 18.2 Å². The fourth-order valence-corrected chi connectivity index (χ4v) is 5.17. The summed E-state index contributed by atoms with van der Waals surface area (Å²) < 4.78 is 0. The monoisotopic (exact) mass is 577 g/mol. The van der Waals surface area contributed by atoms with Gasteiger partial charge in [0.05, 0.1) is 6.33 Å². The third-order valence-corrected chi connectivity index (χ3v) is 7.78. The molecule has 0 bridgehead atoms. The van der Waals surface area contributed by atoms with Crippen LogP contribution in [0, 0.1) is 0 Å². The van der Waals surface area contributed by atoms with Crippen LogP contribution in [0.5, 0.6) is 0 Å². The van der Waals surface area contributed by atoms with Gasteiger partial charge in [-0.05, 0) is 45.3 Å². The highest BCUT2D eigenvalue weighted by Gasteiger charge is 2.21. The van der Waals surface area contributed by atoms with Gasteiger partial charge in [0.1, 0.15) is 6.04 Å². The maximum atomic E-state index is 12.7. The molecule has 238 valence electrons. The summed E-state index contributed by atoms with van der Waals surface area (Å²) in [5.41, 5.74) is 6.36. The van der Waals surface area contributed by atoms with Gasteiger partial charge in [-0.3, -0.25) is 9.59 Å². The average Bonchev–Trinajstić information content (AvgIpc) is 3.49. The Labute approximate surface area is 251 Å². The van der Waals surface area contributed by atoms with Crippen molar-refractivity contribution in [2.75, 3.05) is 26.2 Å². The number of nitrogens with zero attached hydrogens (tertiary/aromatic N) is 1. The number of carbonyl (C=O) groups excluding carboxylic acids is 2. The zero-order valence-electron chi connectivity index (χ0n) is 26.5. The first-order valence-corrected chi connectivity index (χ1v) is 17.1. The highest BCUT2D eigenvalue weighted by molar-refractivity contribution is 5.87. The minimum absolute atomic E-state index is 0.0861. The fourth-order valence-electron chi connectivity index (χ4n) is 5.17. The van der Waals surface area contributed by atoms with Gasteiger partial charge in [0.2, 0.25) is 11.8 Å². The molecular weight excluding hydrogens is 512 g/mol. The van der Waals surface area contributed by atoms with Crippen molar-refractivity contribution in [1.82, 2.24) is 25.9 Å². The third-order valence-electron chi connectivity index (χ3n) is 7.78. The zero-order chi connectivity index (χ0) is 29.6. The Morgan fingerprint density at radius 1 is 0.756 bits per heavy atom. The molecular formula is C33H64N6O2. The second-order valence-corrected chi connectivity index (χ2v) is 11.7. The van der Waals surface area contributed by atoms with Gasteiger partial charge in [-0.15, -0.1) is 0 Å². The summed E-state index contributed by atoms with van der Waals surface area (Å²) in [5.74, 6) is -0.237. The van der Waals surface area contributed by atoms with Crippen LogP contribution in [0.1, 0.15) is 147 Å². The van der Waals surface area contributed by atoms with Crippen LogP contribution in [0.4, 0.5) is 0 Å². The SMILES string of the molecule is CCCCCCCCCCCCCCCCCCNCCCC(=O)N[C@@H](Cc1cnc[nH]1)C(=O)NCCCCCN. The molecule has 1 aromatic rings. The second-order valence-electron chi connectivity index (χ2n) is 11.7. The Morgan fingerprint density at radius 2 is 1.29 bits per heavy atom. The zero-order valence-corrected chi connectivity index (χ0v) is 26.5. The highest BCUT2D eigenvalue weighted by atomic mass is 16.2. The van der Waals surface area contributed by atoms with E-state index < -0.39 is 6.04 Å². The van der Waals surface area contributed by atoms with E-state index in [4.69, 9.17) is 5.73 Å². The largest absolute Gasteiger partial charge is 0.354 e. The van der Waals surface area contributed by atoms with Gasteiger partial charge >= 0.3 is 0 Å². The lowest BCUT2D eigenvalue weighted by molar-refractivity contribution is -0.129. The number of unbranched alkanes of at least 4 members (excludes halogenated alkanes) is 17. The molecule has 0 fully saturated rings.